The van der Waals surface area contributed by atoms with Crippen molar-refractivity contribution in [2.24, 2.45) is 5.73 Å². The number of para-hydroxylation sites is 2. The van der Waals surface area contributed by atoms with Crippen molar-refractivity contribution in [1.82, 2.24) is 9.97 Å². The second kappa shape index (κ2) is 7.38. The van der Waals surface area contributed by atoms with Gasteiger partial charge in [-0.05, 0) is 36.4 Å². The summed E-state index contributed by atoms with van der Waals surface area (Å²) in [6, 6.07) is 14.8. The third kappa shape index (κ3) is 3.44. The van der Waals surface area contributed by atoms with Crippen LogP contribution in [-0.2, 0) is 6.54 Å². The van der Waals surface area contributed by atoms with Gasteiger partial charge in [0.25, 0.3) is 5.91 Å². The fraction of sp³-hybridized carbons (Fsp3) is 0.0556. The molecule has 8 heteroatoms. The van der Waals surface area contributed by atoms with Crippen molar-refractivity contribution < 1.29 is 13.6 Å². The van der Waals surface area contributed by atoms with Gasteiger partial charge >= 0.3 is 0 Å². The molecular weight excluding hydrogens is 356 g/mol. The zero-order valence-electron chi connectivity index (χ0n) is 13.5. The number of nitrogens with one attached hydrogen (secondary N) is 1. The van der Waals surface area contributed by atoms with Crippen LogP contribution in [0, 0.1) is 0 Å². The summed E-state index contributed by atoms with van der Waals surface area (Å²) in [7, 11) is 0. The van der Waals surface area contributed by atoms with Gasteiger partial charge in [0, 0.05) is 11.3 Å². The number of fused-ring (bicyclic) bond motifs is 1. The van der Waals surface area contributed by atoms with Crippen molar-refractivity contribution >= 4 is 35.1 Å². The van der Waals surface area contributed by atoms with Gasteiger partial charge in [0.15, 0.2) is 11.3 Å². The Balaban J connectivity index is 0.00000196. The molecule has 0 saturated heterocycles. The van der Waals surface area contributed by atoms with E-state index in [0.717, 1.165) is 16.7 Å². The highest BCUT2D eigenvalue weighted by molar-refractivity contribution is 6.02. The van der Waals surface area contributed by atoms with Gasteiger partial charge in [-0.2, -0.15) is 0 Å². The number of nitrogens with zero attached hydrogens (tertiary/aromatic N) is 2. The first kappa shape index (κ1) is 17.7. The summed E-state index contributed by atoms with van der Waals surface area (Å²) in [5, 5.41) is 2.75. The van der Waals surface area contributed by atoms with E-state index in [0.29, 0.717) is 17.5 Å². The molecule has 0 aliphatic heterocycles. The van der Waals surface area contributed by atoms with Crippen LogP contribution in [0.2, 0.25) is 0 Å². The Labute approximate surface area is 154 Å². The minimum Gasteiger partial charge on any atom is -0.447 e. The molecule has 2 aromatic carbocycles. The highest BCUT2D eigenvalue weighted by atomic mass is 35.5. The van der Waals surface area contributed by atoms with Crippen molar-refractivity contribution in [3.05, 3.63) is 66.4 Å². The minimum atomic E-state index is -0.363. The maximum atomic E-state index is 12.1. The summed E-state index contributed by atoms with van der Waals surface area (Å²) in [5.74, 6) is 0.484. The van der Waals surface area contributed by atoms with Gasteiger partial charge in [0.1, 0.15) is 11.8 Å². The maximum Gasteiger partial charge on any atom is 0.277 e. The average Bonchev–Trinajstić information content (AvgIpc) is 3.29. The normalized spacial score (nSPS) is 10.5. The van der Waals surface area contributed by atoms with Gasteiger partial charge in [0.05, 0.1) is 6.54 Å². The van der Waals surface area contributed by atoms with Crippen molar-refractivity contribution in [1.29, 1.82) is 0 Å². The third-order valence-corrected chi connectivity index (χ3v) is 3.64. The van der Waals surface area contributed by atoms with Crippen LogP contribution < -0.4 is 11.1 Å². The molecule has 0 spiro atoms. The fourth-order valence-corrected chi connectivity index (χ4v) is 2.40. The summed E-state index contributed by atoms with van der Waals surface area (Å²) < 4.78 is 10.8. The number of hydrogen-bond acceptors (Lipinski definition) is 6. The molecule has 132 valence electrons. The Bertz CT molecular complexity index is 1010. The van der Waals surface area contributed by atoms with Crippen molar-refractivity contribution in [2.75, 3.05) is 5.32 Å². The quantitative estimate of drug-likeness (QED) is 0.568. The molecule has 2 aromatic heterocycles. The van der Waals surface area contributed by atoms with Gasteiger partial charge < -0.3 is 19.9 Å². The van der Waals surface area contributed by atoms with Crippen LogP contribution in [0.5, 0.6) is 0 Å². The number of aromatic nitrogens is 2. The number of benzene rings is 2. The van der Waals surface area contributed by atoms with Crippen molar-refractivity contribution in [3.63, 3.8) is 0 Å². The van der Waals surface area contributed by atoms with Gasteiger partial charge in [-0.15, -0.1) is 12.4 Å². The van der Waals surface area contributed by atoms with Crippen LogP contribution in [0.1, 0.15) is 16.4 Å². The number of oxazole rings is 2. The second-order valence-electron chi connectivity index (χ2n) is 5.35. The first-order chi connectivity index (χ1) is 12.2. The van der Waals surface area contributed by atoms with E-state index >= 15 is 0 Å². The number of halogens is 1. The number of carbonyl (C=O) groups excluding carboxylic acids is 1. The zero-order chi connectivity index (χ0) is 17.2. The van der Waals surface area contributed by atoms with E-state index in [9.17, 15) is 4.79 Å². The predicted octanol–water partition coefficient (Wildman–Crippen LogP) is 3.62. The predicted molar refractivity (Wildman–Crippen MR) is 99.0 cm³/mol. The second-order valence-corrected chi connectivity index (χ2v) is 5.35. The monoisotopic (exact) mass is 370 g/mol. The van der Waals surface area contributed by atoms with E-state index in [1.165, 1.54) is 6.26 Å². The average molecular weight is 371 g/mol. The Morgan fingerprint density at radius 3 is 2.54 bits per heavy atom. The molecule has 1 amide bonds. The van der Waals surface area contributed by atoms with Gasteiger partial charge in [-0.3, -0.25) is 4.79 Å². The largest absolute Gasteiger partial charge is 0.447 e. The fourth-order valence-electron chi connectivity index (χ4n) is 2.40. The lowest BCUT2D eigenvalue weighted by atomic mass is 10.2. The number of carbonyl (C=O) groups is 1. The molecule has 0 aliphatic carbocycles. The molecule has 0 radical (unpaired) electrons. The van der Waals surface area contributed by atoms with Crippen LogP contribution in [0.25, 0.3) is 22.6 Å². The molecule has 4 aromatic rings. The van der Waals surface area contributed by atoms with Gasteiger partial charge in [-0.25, -0.2) is 9.97 Å². The van der Waals surface area contributed by atoms with E-state index in [2.05, 4.69) is 15.3 Å². The number of anilines is 1. The molecule has 2 heterocycles. The molecule has 3 N–H and O–H groups in total. The topological polar surface area (TPSA) is 107 Å². The van der Waals surface area contributed by atoms with Gasteiger partial charge in [0.2, 0.25) is 11.8 Å². The molecule has 7 nitrogen and oxygen atoms in total. The number of rotatable bonds is 4. The Morgan fingerprint density at radius 2 is 1.85 bits per heavy atom. The lowest BCUT2D eigenvalue weighted by Crippen LogP contribution is -2.12. The molecule has 0 bridgehead atoms. The molecular formula is C18H15ClN4O3. The zero-order valence-corrected chi connectivity index (χ0v) is 14.3. The van der Waals surface area contributed by atoms with E-state index in [-0.39, 0.29) is 30.6 Å². The number of amides is 1. The van der Waals surface area contributed by atoms with Gasteiger partial charge in [-0.1, -0.05) is 12.1 Å². The molecule has 0 aliphatic rings. The van der Waals surface area contributed by atoms with E-state index in [1.807, 2.05) is 36.4 Å². The van der Waals surface area contributed by atoms with E-state index in [4.69, 9.17) is 14.6 Å². The first-order valence-electron chi connectivity index (χ1n) is 7.65. The van der Waals surface area contributed by atoms with Crippen LogP contribution in [-0.4, -0.2) is 15.9 Å². The smallest absolute Gasteiger partial charge is 0.277 e. The molecule has 0 unspecified atom stereocenters. The van der Waals surface area contributed by atoms with E-state index in [1.54, 1.807) is 12.1 Å². The lowest BCUT2D eigenvalue weighted by molar-refractivity contribution is 0.102. The Morgan fingerprint density at radius 1 is 1.08 bits per heavy atom. The van der Waals surface area contributed by atoms with Crippen LogP contribution in [0.15, 0.2) is 63.6 Å². The van der Waals surface area contributed by atoms with Crippen molar-refractivity contribution in [3.8, 4) is 11.5 Å². The number of hydrogen-bond donors (Lipinski definition) is 2. The van der Waals surface area contributed by atoms with Crippen molar-refractivity contribution in [2.45, 2.75) is 6.54 Å². The Hall–Kier alpha value is -3.16. The van der Waals surface area contributed by atoms with E-state index < -0.39 is 0 Å². The minimum absolute atomic E-state index is 0. The van der Waals surface area contributed by atoms with Crippen LogP contribution >= 0.6 is 12.4 Å². The number of nitrogens with two attached hydrogens (primary N) is 1. The third-order valence-electron chi connectivity index (χ3n) is 3.64. The molecule has 4 rings (SSSR count). The Kier molecular flexibility index (Phi) is 5.01. The summed E-state index contributed by atoms with van der Waals surface area (Å²) >= 11 is 0. The molecule has 0 fully saturated rings. The van der Waals surface area contributed by atoms with Crippen LogP contribution in [0.3, 0.4) is 0 Å². The standard InChI is InChI=1S/C18H14N4O3.ClH/c19-9-16-21-14(10-24-16)17(23)20-12-7-5-11(6-8-12)18-22-13-3-1-2-4-15(13)25-18;/h1-8,10H,9,19H2,(H,20,23);1H. The first-order valence-corrected chi connectivity index (χ1v) is 7.65. The SMILES string of the molecule is Cl.NCc1nc(C(=O)Nc2ccc(-c3nc4ccccc4o3)cc2)co1. The highest BCUT2D eigenvalue weighted by Crippen LogP contribution is 2.25. The molecule has 0 atom stereocenters. The maximum absolute atomic E-state index is 12.1. The summed E-state index contributed by atoms with van der Waals surface area (Å²) in [4.78, 5) is 20.5. The highest BCUT2D eigenvalue weighted by Gasteiger charge is 2.12. The van der Waals surface area contributed by atoms with Crippen LogP contribution in [0.4, 0.5) is 5.69 Å². The molecule has 26 heavy (non-hydrogen) atoms. The summed E-state index contributed by atoms with van der Waals surface area (Å²) in [5.41, 5.74) is 8.58. The summed E-state index contributed by atoms with van der Waals surface area (Å²) in [6.07, 6.45) is 1.28. The lowest BCUT2D eigenvalue weighted by Gasteiger charge is -2.03. The molecule has 0 saturated carbocycles. The summed E-state index contributed by atoms with van der Waals surface area (Å²) in [6.45, 7) is 0.145.